The molecule has 0 atom stereocenters. The summed E-state index contributed by atoms with van der Waals surface area (Å²) in [6.07, 6.45) is 7.91. The molecule has 25 heavy (non-hydrogen) atoms. The number of nitrogens with two attached hydrogens (primary N) is 1. The first-order valence-corrected chi connectivity index (χ1v) is 8.44. The van der Waals surface area contributed by atoms with Gasteiger partial charge in [-0.2, -0.15) is 0 Å². The molecule has 0 amide bonds. The molecule has 0 radical (unpaired) electrons. The zero-order valence-corrected chi connectivity index (χ0v) is 14.5. The van der Waals surface area contributed by atoms with Gasteiger partial charge in [0.1, 0.15) is 0 Å². The Kier molecular flexibility index (Phi) is 3.66. The number of nitrogens with zero attached hydrogens (tertiary/aromatic N) is 2. The topological polar surface area (TPSA) is 43.8 Å². The number of hydrogen-bond donors (Lipinski definition) is 1. The minimum absolute atomic E-state index is 0.336. The van der Waals surface area contributed by atoms with Crippen LogP contribution in [0.4, 0.5) is 0 Å². The smallest absolute Gasteiger partial charge is 0.0607 e. The normalized spacial score (nSPS) is 11.8. The van der Waals surface area contributed by atoms with E-state index in [0.717, 1.165) is 10.9 Å². The molecule has 3 heteroatoms. The number of aromatic nitrogens is 2. The first kappa shape index (κ1) is 15.6. The van der Waals surface area contributed by atoms with Crippen LogP contribution in [0.5, 0.6) is 0 Å². The van der Waals surface area contributed by atoms with Gasteiger partial charge in [-0.1, -0.05) is 36.4 Å². The fraction of sp³-hybridized carbons (Fsp3) is 0.136. The Morgan fingerprint density at radius 2 is 1.64 bits per heavy atom. The highest BCUT2D eigenvalue weighted by molar-refractivity contribution is 5.97. The Morgan fingerprint density at radius 1 is 0.920 bits per heavy atom. The lowest BCUT2D eigenvalue weighted by molar-refractivity contribution is 0.554. The first-order valence-electron chi connectivity index (χ1n) is 8.44. The number of fused-ring (bicyclic) bond motifs is 1. The van der Waals surface area contributed by atoms with Gasteiger partial charge in [-0.05, 0) is 43.2 Å². The molecule has 0 saturated carbocycles. The largest absolute Gasteiger partial charge is 0.323 e. The lowest BCUT2D eigenvalue weighted by Crippen LogP contribution is -2.28. The number of benzene rings is 2. The zero-order chi connectivity index (χ0) is 17.4. The van der Waals surface area contributed by atoms with Crippen molar-refractivity contribution in [1.29, 1.82) is 0 Å². The van der Waals surface area contributed by atoms with Crippen LogP contribution in [-0.2, 0) is 5.54 Å². The molecule has 4 rings (SSSR count). The highest BCUT2D eigenvalue weighted by Gasteiger charge is 2.15. The Morgan fingerprint density at radius 3 is 2.32 bits per heavy atom. The molecular formula is C22H21N3. The summed E-state index contributed by atoms with van der Waals surface area (Å²) in [7, 11) is 0. The first-order chi connectivity index (χ1) is 12.0. The minimum atomic E-state index is -0.336. The molecule has 2 N–H and O–H groups in total. The highest BCUT2D eigenvalue weighted by atomic mass is 14.9. The van der Waals surface area contributed by atoms with Gasteiger partial charge < -0.3 is 10.3 Å². The van der Waals surface area contributed by atoms with Crippen molar-refractivity contribution in [3.8, 4) is 16.8 Å². The van der Waals surface area contributed by atoms with Gasteiger partial charge >= 0.3 is 0 Å². The van der Waals surface area contributed by atoms with Crippen molar-refractivity contribution in [1.82, 2.24) is 9.55 Å². The SMILES string of the molecule is CC(C)(N)c1ccc(-c2ccc3cnccc3c2-n2cccc2)cc1. The summed E-state index contributed by atoms with van der Waals surface area (Å²) in [5.74, 6) is 0. The molecule has 2 aromatic carbocycles. The summed E-state index contributed by atoms with van der Waals surface area (Å²) in [5.41, 5.74) is 10.5. The second-order valence-corrected chi connectivity index (χ2v) is 6.95. The summed E-state index contributed by atoms with van der Waals surface area (Å²) >= 11 is 0. The van der Waals surface area contributed by atoms with E-state index in [2.05, 4.69) is 64.4 Å². The quantitative estimate of drug-likeness (QED) is 0.582. The second kappa shape index (κ2) is 5.87. The van der Waals surface area contributed by atoms with Crippen LogP contribution in [0.15, 0.2) is 79.4 Å². The Balaban J connectivity index is 1.94. The second-order valence-electron chi connectivity index (χ2n) is 6.95. The average molecular weight is 327 g/mol. The maximum absolute atomic E-state index is 6.22. The molecular weight excluding hydrogens is 306 g/mol. The number of hydrogen-bond acceptors (Lipinski definition) is 2. The average Bonchev–Trinajstić information content (AvgIpc) is 3.14. The van der Waals surface area contributed by atoms with Crippen molar-refractivity contribution in [2.24, 2.45) is 5.73 Å². The summed E-state index contributed by atoms with van der Waals surface area (Å²) in [5, 5.41) is 2.32. The van der Waals surface area contributed by atoms with Crippen LogP contribution in [0, 0.1) is 0 Å². The molecule has 124 valence electrons. The summed E-state index contributed by atoms with van der Waals surface area (Å²) < 4.78 is 2.17. The lowest BCUT2D eigenvalue weighted by Gasteiger charge is -2.20. The van der Waals surface area contributed by atoms with Gasteiger partial charge in [-0.3, -0.25) is 4.98 Å². The summed E-state index contributed by atoms with van der Waals surface area (Å²) in [6.45, 7) is 4.05. The van der Waals surface area contributed by atoms with Gasteiger partial charge in [0.15, 0.2) is 0 Å². The fourth-order valence-corrected chi connectivity index (χ4v) is 3.23. The molecule has 2 aromatic heterocycles. The van der Waals surface area contributed by atoms with Crippen molar-refractivity contribution in [3.05, 3.63) is 84.9 Å². The zero-order valence-electron chi connectivity index (χ0n) is 14.5. The van der Waals surface area contributed by atoms with Crippen LogP contribution in [0.2, 0.25) is 0 Å². The van der Waals surface area contributed by atoms with Crippen molar-refractivity contribution in [2.75, 3.05) is 0 Å². The third kappa shape index (κ3) is 2.83. The maximum Gasteiger partial charge on any atom is 0.0607 e. The van der Waals surface area contributed by atoms with Gasteiger partial charge in [0.2, 0.25) is 0 Å². The predicted molar refractivity (Wildman–Crippen MR) is 104 cm³/mol. The Hall–Kier alpha value is -2.91. The summed E-state index contributed by atoms with van der Waals surface area (Å²) in [4.78, 5) is 4.25. The maximum atomic E-state index is 6.22. The molecule has 0 bridgehead atoms. The molecule has 0 spiro atoms. The van der Waals surface area contributed by atoms with Gasteiger partial charge in [0.25, 0.3) is 0 Å². The predicted octanol–water partition coefficient (Wildman–Crippen LogP) is 4.89. The van der Waals surface area contributed by atoms with Gasteiger partial charge in [0.05, 0.1) is 5.69 Å². The van der Waals surface area contributed by atoms with E-state index in [-0.39, 0.29) is 5.54 Å². The van der Waals surface area contributed by atoms with Crippen LogP contribution >= 0.6 is 0 Å². The Bertz CT molecular complexity index is 1010. The van der Waals surface area contributed by atoms with E-state index >= 15 is 0 Å². The fourth-order valence-electron chi connectivity index (χ4n) is 3.23. The van der Waals surface area contributed by atoms with Crippen molar-refractivity contribution < 1.29 is 0 Å². The van der Waals surface area contributed by atoms with Crippen LogP contribution < -0.4 is 5.73 Å². The van der Waals surface area contributed by atoms with E-state index in [4.69, 9.17) is 5.73 Å². The monoisotopic (exact) mass is 327 g/mol. The van der Waals surface area contributed by atoms with E-state index in [1.165, 1.54) is 22.2 Å². The molecule has 3 nitrogen and oxygen atoms in total. The van der Waals surface area contributed by atoms with E-state index < -0.39 is 0 Å². The van der Waals surface area contributed by atoms with Crippen LogP contribution in [0.3, 0.4) is 0 Å². The van der Waals surface area contributed by atoms with E-state index in [0.29, 0.717) is 0 Å². The highest BCUT2D eigenvalue weighted by Crippen LogP contribution is 2.34. The molecule has 2 heterocycles. The molecule has 0 saturated heterocycles. The van der Waals surface area contributed by atoms with Crippen molar-refractivity contribution in [2.45, 2.75) is 19.4 Å². The van der Waals surface area contributed by atoms with Gasteiger partial charge in [-0.25, -0.2) is 0 Å². The lowest BCUT2D eigenvalue weighted by atomic mass is 9.92. The van der Waals surface area contributed by atoms with Crippen LogP contribution in [0.1, 0.15) is 19.4 Å². The molecule has 0 unspecified atom stereocenters. The number of pyridine rings is 1. The van der Waals surface area contributed by atoms with Crippen molar-refractivity contribution in [3.63, 3.8) is 0 Å². The molecule has 0 aliphatic carbocycles. The number of rotatable bonds is 3. The van der Waals surface area contributed by atoms with E-state index in [1.807, 2.05) is 38.4 Å². The van der Waals surface area contributed by atoms with E-state index in [1.54, 1.807) is 0 Å². The molecule has 4 aromatic rings. The summed E-state index contributed by atoms with van der Waals surface area (Å²) in [6, 6.07) is 19.0. The van der Waals surface area contributed by atoms with Gasteiger partial charge in [0, 0.05) is 46.7 Å². The Labute approximate surface area is 147 Å². The van der Waals surface area contributed by atoms with Crippen LogP contribution in [-0.4, -0.2) is 9.55 Å². The van der Waals surface area contributed by atoms with E-state index in [9.17, 15) is 0 Å². The molecule has 0 fully saturated rings. The van der Waals surface area contributed by atoms with Gasteiger partial charge in [-0.15, -0.1) is 0 Å². The molecule has 0 aliphatic heterocycles. The van der Waals surface area contributed by atoms with Crippen LogP contribution in [0.25, 0.3) is 27.6 Å². The minimum Gasteiger partial charge on any atom is -0.323 e. The third-order valence-electron chi connectivity index (χ3n) is 4.59. The standard InChI is InChI=1S/C22H21N3/c1-22(2,23)18-8-5-16(6-9-18)19-10-7-17-15-24-12-11-20(17)21(19)25-13-3-4-14-25/h3-15H,23H2,1-2H3. The molecule has 0 aliphatic rings. The van der Waals surface area contributed by atoms with Crippen molar-refractivity contribution >= 4 is 10.8 Å². The third-order valence-corrected chi connectivity index (χ3v) is 4.59.